The van der Waals surface area contributed by atoms with Crippen LogP contribution in [-0.2, 0) is 29.6 Å². The Bertz CT molecular complexity index is 1610. The molecule has 10 heteroatoms. The van der Waals surface area contributed by atoms with Crippen molar-refractivity contribution >= 4 is 22.8 Å². The zero-order chi connectivity index (χ0) is 29.9. The van der Waals surface area contributed by atoms with Gasteiger partial charge in [-0.1, -0.05) is 47.7 Å². The van der Waals surface area contributed by atoms with Crippen LogP contribution in [0.25, 0.3) is 11.0 Å². The number of hydrogen-bond acceptors (Lipinski definition) is 7. The Hall–Kier alpha value is -4.44. The third-order valence-corrected chi connectivity index (χ3v) is 8.79. The lowest BCUT2D eigenvalue weighted by atomic mass is 9.96. The van der Waals surface area contributed by atoms with Crippen molar-refractivity contribution in [3.8, 4) is 11.5 Å². The molecule has 1 aromatic heterocycles. The molecule has 0 saturated carbocycles. The van der Waals surface area contributed by atoms with Gasteiger partial charge < -0.3 is 25.0 Å². The monoisotopic (exact) mass is 582 g/mol. The minimum atomic E-state index is -0.546. The van der Waals surface area contributed by atoms with Gasteiger partial charge in [0.25, 0.3) is 0 Å². The highest BCUT2D eigenvalue weighted by Gasteiger charge is 2.43. The second-order valence-corrected chi connectivity index (χ2v) is 11.6. The van der Waals surface area contributed by atoms with Crippen molar-refractivity contribution < 1.29 is 19.1 Å². The fourth-order valence-electron chi connectivity index (χ4n) is 6.51. The fraction of sp³-hybridized carbons (Fsp3) is 0.394. The van der Waals surface area contributed by atoms with E-state index in [1.165, 1.54) is 5.56 Å². The average molecular weight is 583 g/mol. The highest BCUT2D eigenvalue weighted by Crippen LogP contribution is 2.33. The molecule has 2 N–H and O–H groups in total. The van der Waals surface area contributed by atoms with Crippen molar-refractivity contribution in [1.29, 1.82) is 0 Å². The van der Waals surface area contributed by atoms with Gasteiger partial charge in [0.05, 0.1) is 25.8 Å². The maximum Gasteiger partial charge on any atom is 0.243 e. The number of fused-ring (bicyclic) bond motifs is 1. The number of aryl methyl sites for hydroxylation is 1. The fourth-order valence-corrected chi connectivity index (χ4v) is 6.51. The number of aromatic nitrogens is 3. The zero-order valence-corrected chi connectivity index (χ0v) is 24.8. The Morgan fingerprint density at radius 1 is 0.977 bits per heavy atom. The minimum Gasteiger partial charge on any atom is -0.493 e. The molecule has 2 fully saturated rings. The second kappa shape index (κ2) is 12.4. The number of amides is 2. The Balaban J connectivity index is 1.18. The molecule has 0 radical (unpaired) electrons. The van der Waals surface area contributed by atoms with E-state index in [0.717, 1.165) is 35.1 Å². The number of hydrogen-bond donors (Lipinski definition) is 2. The average Bonchev–Trinajstić information content (AvgIpc) is 3.79. The summed E-state index contributed by atoms with van der Waals surface area (Å²) in [4.78, 5) is 29.5. The molecule has 3 heterocycles. The zero-order valence-electron chi connectivity index (χ0n) is 24.8. The maximum atomic E-state index is 14.0. The van der Waals surface area contributed by atoms with E-state index < -0.39 is 6.04 Å². The van der Waals surface area contributed by atoms with Crippen LogP contribution in [0.3, 0.4) is 0 Å². The van der Waals surface area contributed by atoms with Crippen LogP contribution in [0.2, 0.25) is 0 Å². The van der Waals surface area contributed by atoms with Gasteiger partial charge >= 0.3 is 0 Å². The Kier molecular flexibility index (Phi) is 8.29. The van der Waals surface area contributed by atoms with E-state index in [1.807, 2.05) is 61.6 Å². The summed E-state index contributed by atoms with van der Waals surface area (Å²) in [5.74, 6) is 1.59. The molecular formula is C33H38N6O4. The Morgan fingerprint density at radius 2 is 1.77 bits per heavy atom. The van der Waals surface area contributed by atoms with E-state index in [9.17, 15) is 9.59 Å². The van der Waals surface area contributed by atoms with Crippen molar-refractivity contribution in [2.75, 3.05) is 27.3 Å². The lowest BCUT2D eigenvalue weighted by Crippen LogP contribution is -2.51. The molecule has 10 nitrogen and oxygen atoms in total. The van der Waals surface area contributed by atoms with Gasteiger partial charge in [0.15, 0.2) is 11.5 Å². The predicted octanol–water partition coefficient (Wildman–Crippen LogP) is 3.21. The molecule has 1 unspecified atom stereocenters. The van der Waals surface area contributed by atoms with Crippen LogP contribution in [-0.4, -0.2) is 71.1 Å². The Morgan fingerprint density at radius 3 is 2.56 bits per heavy atom. The number of methoxy groups -OCH3 is 2. The van der Waals surface area contributed by atoms with Gasteiger partial charge in [0.2, 0.25) is 11.8 Å². The summed E-state index contributed by atoms with van der Waals surface area (Å²) in [7, 11) is 5.09. The van der Waals surface area contributed by atoms with Gasteiger partial charge in [0.1, 0.15) is 11.6 Å². The summed E-state index contributed by atoms with van der Waals surface area (Å²) >= 11 is 0. The van der Waals surface area contributed by atoms with Crippen LogP contribution in [0, 0.1) is 5.92 Å². The van der Waals surface area contributed by atoms with E-state index in [1.54, 1.807) is 23.8 Å². The third-order valence-electron chi connectivity index (χ3n) is 8.79. The molecule has 4 atom stereocenters. The lowest BCUT2D eigenvalue weighted by Gasteiger charge is -2.27. The molecule has 2 amide bonds. The Labute approximate surface area is 251 Å². The molecule has 0 bridgehead atoms. The van der Waals surface area contributed by atoms with Crippen molar-refractivity contribution in [3.63, 3.8) is 0 Å². The molecule has 4 aromatic rings. The van der Waals surface area contributed by atoms with E-state index in [2.05, 4.69) is 33.1 Å². The third kappa shape index (κ3) is 6.06. The first-order valence-electron chi connectivity index (χ1n) is 14.8. The maximum absolute atomic E-state index is 14.0. The summed E-state index contributed by atoms with van der Waals surface area (Å²) in [6.45, 7) is 1.61. The molecule has 2 saturated heterocycles. The highest BCUT2D eigenvalue weighted by atomic mass is 16.5. The van der Waals surface area contributed by atoms with Gasteiger partial charge in [0, 0.05) is 26.7 Å². The minimum absolute atomic E-state index is 0.00521. The van der Waals surface area contributed by atoms with E-state index in [0.29, 0.717) is 37.4 Å². The van der Waals surface area contributed by atoms with Crippen LogP contribution < -0.4 is 20.1 Å². The number of carbonyl (C=O) groups excluding carboxylic acids is 2. The molecule has 6 rings (SSSR count). The van der Waals surface area contributed by atoms with Gasteiger partial charge in [-0.2, -0.15) is 0 Å². The standard InChI is InChI=1S/C33H38N6O4/c1-38-28-11-9-22(14-26(28)36-37-38)18-35-32(40)29-15-23(13-21-10-12-30(42-2)31(16-21)43-3)20-39(29)33(41)27-17-25(19-34-27)24-7-5-4-6-8-24/h4-12,14,16,23,25,27,29,34H,13,15,17-20H2,1-3H3,(H,35,40)/t23?,25-,27-,29+/m1/s1. The van der Waals surface area contributed by atoms with E-state index in [4.69, 9.17) is 9.47 Å². The number of ether oxygens (including phenoxy) is 2. The normalized spacial score (nSPS) is 21.7. The van der Waals surface area contributed by atoms with Crippen LogP contribution in [0.15, 0.2) is 66.7 Å². The summed E-state index contributed by atoms with van der Waals surface area (Å²) in [6, 6.07) is 21.2. The molecule has 3 aromatic carbocycles. The van der Waals surface area contributed by atoms with Crippen LogP contribution in [0.4, 0.5) is 0 Å². The SMILES string of the molecule is COc1ccc(CC2C[C@@H](C(=O)NCc3ccc4c(c3)nnn4C)N(C(=O)[C@H]3C[C@@H](c4ccccc4)CN3)C2)cc1OC. The quantitative estimate of drug-likeness (QED) is 0.312. The molecule has 43 heavy (non-hydrogen) atoms. The number of nitrogens with zero attached hydrogens (tertiary/aromatic N) is 4. The second-order valence-electron chi connectivity index (χ2n) is 11.6. The summed E-state index contributed by atoms with van der Waals surface area (Å²) in [5, 5.41) is 14.8. The number of rotatable bonds is 9. The van der Waals surface area contributed by atoms with Crippen LogP contribution >= 0.6 is 0 Å². The highest BCUT2D eigenvalue weighted by molar-refractivity contribution is 5.90. The van der Waals surface area contributed by atoms with Crippen molar-refractivity contribution in [1.82, 2.24) is 30.5 Å². The van der Waals surface area contributed by atoms with Gasteiger partial charge in [-0.05, 0) is 72.1 Å². The van der Waals surface area contributed by atoms with Crippen molar-refractivity contribution in [3.05, 3.63) is 83.4 Å². The number of likely N-dealkylation sites (tertiary alicyclic amines) is 1. The molecule has 0 aliphatic carbocycles. The summed E-state index contributed by atoms with van der Waals surface area (Å²) in [5.41, 5.74) is 4.95. The van der Waals surface area contributed by atoms with E-state index >= 15 is 0 Å². The van der Waals surface area contributed by atoms with Crippen LogP contribution in [0.5, 0.6) is 11.5 Å². The topological polar surface area (TPSA) is 111 Å². The van der Waals surface area contributed by atoms with Crippen molar-refractivity contribution in [2.45, 2.75) is 43.8 Å². The summed E-state index contributed by atoms with van der Waals surface area (Å²) < 4.78 is 12.6. The number of carbonyl (C=O) groups is 2. The molecule has 2 aliphatic rings. The molecule has 2 aliphatic heterocycles. The first-order valence-corrected chi connectivity index (χ1v) is 14.8. The van der Waals surface area contributed by atoms with Gasteiger partial charge in [-0.25, -0.2) is 4.68 Å². The molecule has 224 valence electrons. The number of benzene rings is 3. The van der Waals surface area contributed by atoms with Crippen molar-refractivity contribution in [2.24, 2.45) is 13.0 Å². The van der Waals surface area contributed by atoms with Gasteiger partial charge in [-0.3, -0.25) is 9.59 Å². The smallest absolute Gasteiger partial charge is 0.243 e. The first kappa shape index (κ1) is 28.7. The molecule has 0 spiro atoms. The van der Waals surface area contributed by atoms with Crippen LogP contribution in [0.1, 0.15) is 35.4 Å². The van der Waals surface area contributed by atoms with Gasteiger partial charge in [-0.15, -0.1) is 5.10 Å². The largest absolute Gasteiger partial charge is 0.493 e. The van der Waals surface area contributed by atoms with E-state index in [-0.39, 0.29) is 29.7 Å². The summed E-state index contributed by atoms with van der Waals surface area (Å²) in [6.07, 6.45) is 2.03. The molecular weight excluding hydrogens is 544 g/mol. The first-order chi connectivity index (χ1) is 20.9. The lowest BCUT2D eigenvalue weighted by molar-refractivity contribution is -0.139. The predicted molar refractivity (Wildman–Crippen MR) is 163 cm³/mol. The number of nitrogens with one attached hydrogen (secondary N) is 2.